The van der Waals surface area contributed by atoms with Crippen LogP contribution in [-0.4, -0.2) is 50.8 Å². The number of aryl methyl sites for hydroxylation is 1. The molecule has 150 valence electrons. The van der Waals surface area contributed by atoms with E-state index < -0.39 is 11.7 Å². The molecule has 1 aliphatic carbocycles. The Hall–Kier alpha value is -3.07. The van der Waals surface area contributed by atoms with Gasteiger partial charge in [-0.2, -0.15) is 5.10 Å². The first-order valence-corrected chi connectivity index (χ1v) is 9.82. The number of aromatic nitrogens is 4. The van der Waals surface area contributed by atoms with Gasteiger partial charge in [0.2, 0.25) is 0 Å². The molecular formula is C20H22FN7O. The second-order valence-electron chi connectivity index (χ2n) is 7.79. The molecule has 9 heteroatoms. The number of hydrogen-bond donors (Lipinski definition) is 2. The molecule has 2 aromatic heterocycles. The highest BCUT2D eigenvalue weighted by atomic mass is 19.1. The van der Waals surface area contributed by atoms with E-state index in [0.29, 0.717) is 23.2 Å². The molecule has 5 rings (SSSR count). The maximum Gasteiger partial charge on any atom is 0.275 e. The predicted octanol–water partition coefficient (Wildman–Crippen LogP) is 2.09. The maximum atomic E-state index is 14.2. The Kier molecular flexibility index (Phi) is 4.39. The van der Waals surface area contributed by atoms with Gasteiger partial charge >= 0.3 is 0 Å². The van der Waals surface area contributed by atoms with Gasteiger partial charge in [-0.05, 0) is 31.4 Å². The molecule has 1 aromatic carbocycles. The van der Waals surface area contributed by atoms with Gasteiger partial charge in [-0.1, -0.05) is 0 Å². The van der Waals surface area contributed by atoms with Crippen molar-refractivity contribution in [3.8, 4) is 0 Å². The first-order valence-electron chi connectivity index (χ1n) is 9.82. The number of halogens is 1. The fraction of sp³-hybridized carbons (Fsp3) is 0.400. The molecule has 0 bridgehead atoms. The lowest BCUT2D eigenvalue weighted by atomic mass is 10.2. The van der Waals surface area contributed by atoms with Gasteiger partial charge in [0.25, 0.3) is 5.91 Å². The molecule has 1 amide bonds. The fourth-order valence-corrected chi connectivity index (χ4v) is 3.77. The second kappa shape index (κ2) is 7.07. The highest BCUT2D eigenvalue weighted by molar-refractivity contribution is 6.03. The van der Waals surface area contributed by atoms with Gasteiger partial charge in [0.1, 0.15) is 17.0 Å². The molecule has 3 heterocycles. The summed E-state index contributed by atoms with van der Waals surface area (Å²) in [7, 11) is 1.72. The minimum atomic E-state index is -0.483. The third-order valence-corrected chi connectivity index (χ3v) is 5.37. The van der Waals surface area contributed by atoms with Crippen molar-refractivity contribution in [2.45, 2.75) is 31.3 Å². The van der Waals surface area contributed by atoms with Crippen LogP contribution >= 0.6 is 0 Å². The number of hydrogen-bond acceptors (Lipinski definition) is 6. The second-order valence-corrected chi connectivity index (χ2v) is 7.79. The minimum absolute atomic E-state index is 0.187. The van der Waals surface area contributed by atoms with Crippen LogP contribution in [-0.2, 0) is 7.05 Å². The Morgan fingerprint density at radius 3 is 2.79 bits per heavy atom. The molecular weight excluding hydrogens is 373 g/mol. The summed E-state index contributed by atoms with van der Waals surface area (Å²) < 4.78 is 15.7. The van der Waals surface area contributed by atoms with Crippen LogP contribution in [0.4, 0.5) is 15.9 Å². The summed E-state index contributed by atoms with van der Waals surface area (Å²) >= 11 is 0. The van der Waals surface area contributed by atoms with Crippen molar-refractivity contribution in [3.05, 3.63) is 42.2 Å². The smallest absolute Gasteiger partial charge is 0.275 e. The molecule has 8 nitrogen and oxygen atoms in total. The lowest BCUT2D eigenvalue weighted by Gasteiger charge is -2.17. The topological polar surface area (TPSA) is 88.0 Å². The molecule has 3 aromatic rings. The zero-order chi connectivity index (χ0) is 20.0. The molecule has 29 heavy (non-hydrogen) atoms. The number of nitrogens with zero attached hydrogens (tertiary/aromatic N) is 5. The number of fused-ring (bicyclic) bond motifs is 1. The highest BCUT2D eigenvalue weighted by Gasteiger charge is 2.29. The predicted molar refractivity (Wildman–Crippen MR) is 107 cm³/mol. The van der Waals surface area contributed by atoms with Gasteiger partial charge < -0.3 is 15.5 Å². The number of nitrogens with one attached hydrogen (secondary N) is 2. The van der Waals surface area contributed by atoms with Crippen molar-refractivity contribution in [1.29, 1.82) is 0 Å². The summed E-state index contributed by atoms with van der Waals surface area (Å²) in [6, 6.07) is 4.12. The SMILES string of the molecule is Cn1cc2cc(NC(=O)c3cnc(N4CCC(NC5CC5)C4)cn3)cc(F)c2n1. The average molecular weight is 395 g/mol. The summed E-state index contributed by atoms with van der Waals surface area (Å²) in [5.74, 6) is -0.144. The van der Waals surface area contributed by atoms with E-state index in [-0.39, 0.29) is 11.2 Å². The number of anilines is 2. The number of carbonyl (C=O) groups excluding carboxylic acids is 1. The monoisotopic (exact) mass is 395 g/mol. The maximum absolute atomic E-state index is 14.2. The average Bonchev–Trinajstić information content (AvgIpc) is 3.24. The molecule has 1 atom stereocenters. The third-order valence-electron chi connectivity index (χ3n) is 5.37. The normalized spacial score (nSPS) is 19.1. The van der Waals surface area contributed by atoms with E-state index >= 15 is 0 Å². The highest BCUT2D eigenvalue weighted by Crippen LogP contribution is 2.24. The summed E-state index contributed by atoms with van der Waals surface area (Å²) in [6.07, 6.45) is 8.42. The van der Waals surface area contributed by atoms with Crippen LogP contribution in [0.25, 0.3) is 10.9 Å². The fourth-order valence-electron chi connectivity index (χ4n) is 3.77. The molecule has 1 saturated heterocycles. The van der Waals surface area contributed by atoms with E-state index in [0.717, 1.165) is 25.3 Å². The summed E-state index contributed by atoms with van der Waals surface area (Å²) in [5, 5.41) is 11.0. The zero-order valence-corrected chi connectivity index (χ0v) is 16.1. The first kappa shape index (κ1) is 18.0. The Balaban J connectivity index is 1.26. The van der Waals surface area contributed by atoms with Crippen LogP contribution in [0.5, 0.6) is 0 Å². The minimum Gasteiger partial charge on any atom is -0.354 e. The number of rotatable bonds is 5. The molecule has 0 spiro atoms. The van der Waals surface area contributed by atoms with Gasteiger partial charge in [0.05, 0.1) is 12.4 Å². The summed E-state index contributed by atoms with van der Waals surface area (Å²) in [6.45, 7) is 1.83. The molecule has 2 N–H and O–H groups in total. The summed E-state index contributed by atoms with van der Waals surface area (Å²) in [4.78, 5) is 23.4. The quantitative estimate of drug-likeness (QED) is 0.688. The number of carbonyl (C=O) groups is 1. The zero-order valence-electron chi connectivity index (χ0n) is 16.1. The molecule has 1 aliphatic heterocycles. The standard InChI is InChI=1S/C20H22FN7O/c1-27-10-12-6-15(7-16(21)19(12)26-27)25-20(29)17-8-23-18(9-22-17)28-5-4-14(11-28)24-13-2-3-13/h6-10,13-14,24H,2-5,11H2,1H3,(H,25,29). The van der Waals surface area contributed by atoms with Gasteiger partial charge in [-0.3, -0.25) is 9.48 Å². The molecule has 1 unspecified atom stereocenters. The Bertz CT molecular complexity index is 1060. The lowest BCUT2D eigenvalue weighted by molar-refractivity contribution is 0.102. The van der Waals surface area contributed by atoms with Gasteiger partial charge in [0.15, 0.2) is 5.82 Å². The van der Waals surface area contributed by atoms with Crippen LogP contribution in [0.15, 0.2) is 30.7 Å². The van der Waals surface area contributed by atoms with Gasteiger partial charge in [-0.25, -0.2) is 14.4 Å². The van der Waals surface area contributed by atoms with Crippen molar-refractivity contribution >= 4 is 28.3 Å². The Labute approximate surface area is 167 Å². The van der Waals surface area contributed by atoms with Crippen LogP contribution < -0.4 is 15.5 Å². The molecule has 1 saturated carbocycles. The number of benzene rings is 1. The molecule has 2 fully saturated rings. The van der Waals surface area contributed by atoms with Crippen LogP contribution in [0, 0.1) is 5.82 Å². The molecule has 0 radical (unpaired) electrons. The first-order chi connectivity index (χ1) is 14.0. The van der Waals surface area contributed by atoms with Gasteiger partial charge in [-0.15, -0.1) is 0 Å². The van der Waals surface area contributed by atoms with Crippen molar-refractivity contribution in [3.63, 3.8) is 0 Å². The van der Waals surface area contributed by atoms with E-state index in [9.17, 15) is 9.18 Å². The van der Waals surface area contributed by atoms with Crippen LogP contribution in [0.1, 0.15) is 29.8 Å². The number of amides is 1. The lowest BCUT2D eigenvalue weighted by Crippen LogP contribution is -2.34. The van der Waals surface area contributed by atoms with Gasteiger partial charge in [0, 0.05) is 49.5 Å². The van der Waals surface area contributed by atoms with Crippen molar-refractivity contribution in [2.24, 2.45) is 7.05 Å². The van der Waals surface area contributed by atoms with Crippen molar-refractivity contribution in [1.82, 2.24) is 25.1 Å². The summed E-state index contributed by atoms with van der Waals surface area (Å²) in [5.41, 5.74) is 0.814. The third kappa shape index (κ3) is 3.77. The Morgan fingerprint density at radius 2 is 2.03 bits per heavy atom. The van der Waals surface area contributed by atoms with E-state index in [1.807, 2.05) is 0 Å². The van der Waals surface area contributed by atoms with Crippen LogP contribution in [0.3, 0.4) is 0 Å². The van der Waals surface area contributed by atoms with Crippen molar-refractivity contribution < 1.29 is 9.18 Å². The van der Waals surface area contributed by atoms with E-state index in [1.165, 1.54) is 29.8 Å². The van der Waals surface area contributed by atoms with Crippen molar-refractivity contribution in [2.75, 3.05) is 23.3 Å². The van der Waals surface area contributed by atoms with E-state index in [4.69, 9.17) is 0 Å². The largest absolute Gasteiger partial charge is 0.354 e. The van der Waals surface area contributed by atoms with Crippen LogP contribution in [0.2, 0.25) is 0 Å². The van der Waals surface area contributed by atoms with E-state index in [2.05, 4.69) is 30.6 Å². The Morgan fingerprint density at radius 1 is 1.17 bits per heavy atom. The molecule has 2 aliphatic rings. The van der Waals surface area contributed by atoms with E-state index in [1.54, 1.807) is 25.5 Å².